The molecule has 1 aliphatic heterocycles. The molecule has 1 aromatic rings. The van der Waals surface area contributed by atoms with E-state index in [0.717, 1.165) is 12.8 Å². The standard InChI is InChI=1S/C14H21N3O3/c1-2-3-12(16-5-4-15-10-16)7-13(18)17-8-11(9-17)6-14(19)20/h4-5,10-12H,2-3,6-9H2,1H3,(H,19,20). The van der Waals surface area contributed by atoms with Crippen LogP contribution in [0.25, 0.3) is 0 Å². The highest BCUT2D eigenvalue weighted by molar-refractivity contribution is 5.78. The number of carboxylic acids is 1. The van der Waals surface area contributed by atoms with Gasteiger partial charge in [-0.1, -0.05) is 13.3 Å². The monoisotopic (exact) mass is 279 g/mol. The van der Waals surface area contributed by atoms with E-state index in [0.29, 0.717) is 19.5 Å². The van der Waals surface area contributed by atoms with Crippen molar-refractivity contribution in [1.82, 2.24) is 14.5 Å². The molecule has 1 atom stereocenters. The largest absolute Gasteiger partial charge is 0.481 e. The Bertz CT molecular complexity index is 452. The Morgan fingerprint density at radius 3 is 2.75 bits per heavy atom. The molecule has 2 heterocycles. The van der Waals surface area contributed by atoms with Gasteiger partial charge in [0.05, 0.1) is 12.7 Å². The Morgan fingerprint density at radius 1 is 1.45 bits per heavy atom. The molecule has 1 saturated heterocycles. The van der Waals surface area contributed by atoms with E-state index in [-0.39, 0.29) is 24.3 Å². The third-order valence-electron chi connectivity index (χ3n) is 3.75. The molecule has 1 aliphatic rings. The molecule has 1 unspecified atom stereocenters. The Labute approximate surface area is 118 Å². The smallest absolute Gasteiger partial charge is 0.303 e. The lowest BCUT2D eigenvalue weighted by Gasteiger charge is -2.39. The third kappa shape index (κ3) is 3.59. The first-order valence-electron chi connectivity index (χ1n) is 7.07. The molecule has 2 rings (SSSR count). The van der Waals surface area contributed by atoms with Crippen LogP contribution < -0.4 is 0 Å². The van der Waals surface area contributed by atoms with Crippen molar-refractivity contribution in [3.8, 4) is 0 Å². The van der Waals surface area contributed by atoms with Crippen LogP contribution in [0.1, 0.15) is 38.6 Å². The highest BCUT2D eigenvalue weighted by Crippen LogP contribution is 2.24. The maximum absolute atomic E-state index is 12.2. The van der Waals surface area contributed by atoms with Crippen LogP contribution in [0.4, 0.5) is 0 Å². The van der Waals surface area contributed by atoms with Gasteiger partial charge in [0.15, 0.2) is 0 Å². The summed E-state index contributed by atoms with van der Waals surface area (Å²) in [6.45, 7) is 3.25. The van der Waals surface area contributed by atoms with Crippen LogP contribution in [0.2, 0.25) is 0 Å². The molecule has 20 heavy (non-hydrogen) atoms. The number of carbonyl (C=O) groups is 2. The summed E-state index contributed by atoms with van der Waals surface area (Å²) < 4.78 is 1.98. The van der Waals surface area contributed by atoms with Gasteiger partial charge in [0.2, 0.25) is 5.91 Å². The number of hydrogen-bond acceptors (Lipinski definition) is 3. The van der Waals surface area contributed by atoms with Crippen molar-refractivity contribution in [2.45, 2.75) is 38.6 Å². The Balaban J connectivity index is 1.83. The Morgan fingerprint density at radius 2 is 2.20 bits per heavy atom. The number of likely N-dealkylation sites (tertiary alicyclic amines) is 1. The van der Waals surface area contributed by atoms with Crippen molar-refractivity contribution in [1.29, 1.82) is 0 Å². The van der Waals surface area contributed by atoms with Gasteiger partial charge < -0.3 is 14.6 Å². The van der Waals surface area contributed by atoms with Crippen molar-refractivity contribution < 1.29 is 14.7 Å². The van der Waals surface area contributed by atoms with Gasteiger partial charge in [-0.15, -0.1) is 0 Å². The molecule has 1 amide bonds. The van der Waals surface area contributed by atoms with E-state index in [1.807, 2.05) is 10.8 Å². The summed E-state index contributed by atoms with van der Waals surface area (Å²) in [6, 6.07) is 0.147. The summed E-state index contributed by atoms with van der Waals surface area (Å²) in [5, 5.41) is 8.70. The number of amides is 1. The van der Waals surface area contributed by atoms with Crippen molar-refractivity contribution in [3.05, 3.63) is 18.7 Å². The predicted octanol–water partition coefficient (Wildman–Crippen LogP) is 1.55. The number of nitrogens with zero attached hydrogens (tertiary/aromatic N) is 3. The molecule has 0 saturated carbocycles. The minimum Gasteiger partial charge on any atom is -0.481 e. The fraction of sp³-hybridized carbons (Fsp3) is 0.643. The molecular weight excluding hydrogens is 258 g/mol. The van der Waals surface area contributed by atoms with Gasteiger partial charge >= 0.3 is 5.97 Å². The van der Waals surface area contributed by atoms with Gasteiger partial charge in [0.25, 0.3) is 0 Å². The van der Waals surface area contributed by atoms with Gasteiger partial charge in [-0.25, -0.2) is 4.98 Å². The molecule has 0 radical (unpaired) electrons. The van der Waals surface area contributed by atoms with Crippen LogP contribution in [-0.2, 0) is 9.59 Å². The molecule has 0 aliphatic carbocycles. The average molecular weight is 279 g/mol. The van der Waals surface area contributed by atoms with E-state index in [4.69, 9.17) is 5.11 Å². The second kappa shape index (κ2) is 6.54. The Hall–Kier alpha value is -1.85. The van der Waals surface area contributed by atoms with Crippen LogP contribution in [0, 0.1) is 5.92 Å². The fourth-order valence-electron chi connectivity index (χ4n) is 2.66. The van der Waals surface area contributed by atoms with Crippen LogP contribution in [0.3, 0.4) is 0 Å². The second-order valence-electron chi connectivity index (χ2n) is 5.42. The summed E-state index contributed by atoms with van der Waals surface area (Å²) in [5.41, 5.74) is 0. The lowest BCUT2D eigenvalue weighted by atomic mass is 9.95. The van der Waals surface area contributed by atoms with Crippen molar-refractivity contribution in [3.63, 3.8) is 0 Å². The number of imidazole rings is 1. The number of aromatic nitrogens is 2. The maximum Gasteiger partial charge on any atom is 0.303 e. The molecule has 6 nitrogen and oxygen atoms in total. The van der Waals surface area contributed by atoms with E-state index in [2.05, 4.69) is 11.9 Å². The molecule has 0 bridgehead atoms. The molecule has 1 N–H and O–H groups in total. The van der Waals surface area contributed by atoms with Gasteiger partial charge in [-0.2, -0.15) is 0 Å². The van der Waals surface area contributed by atoms with Crippen LogP contribution >= 0.6 is 0 Å². The summed E-state index contributed by atoms with van der Waals surface area (Å²) in [5.74, 6) is -0.558. The summed E-state index contributed by atoms with van der Waals surface area (Å²) in [7, 11) is 0. The first-order valence-corrected chi connectivity index (χ1v) is 7.07. The van der Waals surface area contributed by atoms with Gasteiger partial charge in [-0.3, -0.25) is 9.59 Å². The van der Waals surface area contributed by atoms with E-state index in [1.54, 1.807) is 17.4 Å². The lowest BCUT2D eigenvalue weighted by Crippen LogP contribution is -2.51. The zero-order chi connectivity index (χ0) is 14.5. The second-order valence-corrected chi connectivity index (χ2v) is 5.42. The minimum atomic E-state index is -0.788. The minimum absolute atomic E-state index is 0.110. The molecule has 1 aromatic heterocycles. The molecule has 0 spiro atoms. The van der Waals surface area contributed by atoms with Gasteiger partial charge in [-0.05, 0) is 6.42 Å². The van der Waals surface area contributed by atoms with Crippen LogP contribution in [-0.4, -0.2) is 44.5 Å². The van der Waals surface area contributed by atoms with Crippen LogP contribution in [0.15, 0.2) is 18.7 Å². The molecule has 0 aromatic carbocycles. The predicted molar refractivity (Wildman–Crippen MR) is 73.1 cm³/mol. The SMILES string of the molecule is CCCC(CC(=O)N1CC(CC(=O)O)C1)n1ccnc1. The number of aliphatic carboxylic acids is 1. The Kier molecular flexibility index (Phi) is 4.76. The molecule has 6 heteroatoms. The number of carboxylic acid groups (broad SMARTS) is 1. The number of hydrogen-bond donors (Lipinski definition) is 1. The molecule has 1 fully saturated rings. The summed E-state index contributed by atoms with van der Waals surface area (Å²) in [6.07, 6.45) is 7.92. The van der Waals surface area contributed by atoms with Gasteiger partial charge in [0.1, 0.15) is 0 Å². The van der Waals surface area contributed by atoms with E-state index in [1.165, 1.54) is 0 Å². The zero-order valence-corrected chi connectivity index (χ0v) is 11.7. The van der Waals surface area contributed by atoms with E-state index >= 15 is 0 Å². The summed E-state index contributed by atoms with van der Waals surface area (Å²) >= 11 is 0. The quantitative estimate of drug-likeness (QED) is 0.821. The highest BCUT2D eigenvalue weighted by atomic mass is 16.4. The topological polar surface area (TPSA) is 75.4 Å². The zero-order valence-electron chi connectivity index (χ0n) is 11.7. The van der Waals surface area contributed by atoms with E-state index in [9.17, 15) is 9.59 Å². The average Bonchev–Trinajstić information content (AvgIpc) is 2.85. The lowest BCUT2D eigenvalue weighted by molar-refractivity contribution is -0.145. The maximum atomic E-state index is 12.2. The third-order valence-corrected chi connectivity index (χ3v) is 3.75. The number of rotatable bonds is 7. The fourth-order valence-corrected chi connectivity index (χ4v) is 2.66. The summed E-state index contributed by atoms with van der Waals surface area (Å²) in [4.78, 5) is 28.6. The normalized spacial score (nSPS) is 16.8. The van der Waals surface area contributed by atoms with Crippen molar-refractivity contribution in [2.75, 3.05) is 13.1 Å². The molecule has 110 valence electrons. The first-order chi connectivity index (χ1) is 9.60. The van der Waals surface area contributed by atoms with E-state index < -0.39 is 5.97 Å². The van der Waals surface area contributed by atoms with Crippen LogP contribution in [0.5, 0.6) is 0 Å². The molecular formula is C14H21N3O3. The van der Waals surface area contributed by atoms with Crippen molar-refractivity contribution in [2.24, 2.45) is 5.92 Å². The van der Waals surface area contributed by atoms with Gasteiger partial charge in [0, 0.05) is 43.9 Å². The first kappa shape index (κ1) is 14.6. The highest BCUT2D eigenvalue weighted by Gasteiger charge is 2.32. The van der Waals surface area contributed by atoms with Crippen molar-refractivity contribution >= 4 is 11.9 Å². The number of carbonyl (C=O) groups excluding carboxylic acids is 1.